The molecule has 0 fully saturated rings. The molecule has 0 aliphatic rings. The number of carbonyl (C=O) groups excluding carboxylic acids is 1. The van der Waals surface area contributed by atoms with E-state index in [9.17, 15) is 4.79 Å². The molecule has 2 aromatic carbocycles. The zero-order valence-corrected chi connectivity index (χ0v) is 16.7. The Hall–Kier alpha value is -2.88. The Morgan fingerprint density at radius 1 is 0.963 bits per heavy atom. The van der Waals surface area contributed by atoms with Crippen molar-refractivity contribution in [2.45, 2.75) is 40.7 Å². The van der Waals surface area contributed by atoms with E-state index in [4.69, 9.17) is 5.10 Å². The summed E-state index contributed by atoms with van der Waals surface area (Å²) in [6.45, 7) is 10.4. The van der Waals surface area contributed by atoms with E-state index in [1.807, 2.05) is 43.3 Å². The third-order valence-corrected chi connectivity index (χ3v) is 5.10. The molecule has 4 nitrogen and oxygen atoms in total. The van der Waals surface area contributed by atoms with Crippen molar-refractivity contribution in [3.8, 4) is 16.9 Å². The normalized spacial score (nSPS) is 12.2. The Kier molecular flexibility index (Phi) is 5.45. The molecule has 0 aliphatic heterocycles. The number of para-hydroxylation sites is 1. The Bertz CT molecular complexity index is 942. The molecule has 1 atom stereocenters. The van der Waals surface area contributed by atoms with Gasteiger partial charge >= 0.3 is 0 Å². The summed E-state index contributed by atoms with van der Waals surface area (Å²) in [6.07, 6.45) is 0. The van der Waals surface area contributed by atoms with Gasteiger partial charge < -0.3 is 5.32 Å². The van der Waals surface area contributed by atoms with E-state index < -0.39 is 0 Å². The maximum absolute atomic E-state index is 12.9. The zero-order valence-electron chi connectivity index (χ0n) is 16.7. The second-order valence-corrected chi connectivity index (χ2v) is 7.47. The molecule has 1 N–H and O–H groups in total. The van der Waals surface area contributed by atoms with Gasteiger partial charge in [0.05, 0.1) is 11.4 Å². The first kappa shape index (κ1) is 18.9. The van der Waals surface area contributed by atoms with Crippen LogP contribution in [0.15, 0.2) is 54.6 Å². The van der Waals surface area contributed by atoms with E-state index >= 15 is 0 Å². The van der Waals surface area contributed by atoms with Crippen LogP contribution in [-0.4, -0.2) is 21.7 Å². The van der Waals surface area contributed by atoms with Crippen molar-refractivity contribution >= 4 is 5.91 Å². The predicted molar refractivity (Wildman–Crippen MR) is 110 cm³/mol. The fraction of sp³-hybridized carbons (Fsp3) is 0.304. The fourth-order valence-corrected chi connectivity index (χ4v) is 2.80. The van der Waals surface area contributed by atoms with E-state index in [1.165, 1.54) is 11.1 Å². The first-order valence-corrected chi connectivity index (χ1v) is 9.41. The Morgan fingerprint density at radius 3 is 2.30 bits per heavy atom. The van der Waals surface area contributed by atoms with E-state index in [2.05, 4.69) is 51.2 Å². The maximum atomic E-state index is 12.9. The van der Waals surface area contributed by atoms with Crippen molar-refractivity contribution in [1.29, 1.82) is 0 Å². The number of nitrogens with one attached hydrogen (secondary N) is 1. The van der Waals surface area contributed by atoms with Gasteiger partial charge in [0.25, 0.3) is 5.91 Å². The van der Waals surface area contributed by atoms with Gasteiger partial charge in [-0.15, -0.1) is 0 Å². The molecule has 3 aromatic rings. The van der Waals surface area contributed by atoms with Crippen LogP contribution in [0.25, 0.3) is 16.9 Å². The van der Waals surface area contributed by atoms with Crippen LogP contribution < -0.4 is 5.32 Å². The zero-order chi connectivity index (χ0) is 19.6. The molecule has 0 saturated carbocycles. The number of rotatable bonds is 5. The maximum Gasteiger partial charge on any atom is 0.270 e. The lowest BCUT2D eigenvalue weighted by Crippen LogP contribution is -2.37. The van der Waals surface area contributed by atoms with Crippen molar-refractivity contribution < 1.29 is 4.79 Å². The first-order chi connectivity index (χ1) is 12.9. The second-order valence-electron chi connectivity index (χ2n) is 7.47. The van der Waals surface area contributed by atoms with Crippen LogP contribution in [0, 0.1) is 19.8 Å². The molecule has 1 aromatic heterocycles. The SMILES string of the molecule is Cc1ccc(-c2cc(C(=O)N[C@@H](C)C(C)C)n(-c3ccccc3)n2)cc1C. The highest BCUT2D eigenvalue weighted by Crippen LogP contribution is 2.24. The molecule has 27 heavy (non-hydrogen) atoms. The van der Waals surface area contributed by atoms with Gasteiger partial charge in [-0.1, -0.05) is 44.2 Å². The van der Waals surface area contributed by atoms with Crippen LogP contribution in [-0.2, 0) is 0 Å². The Balaban J connectivity index is 2.06. The van der Waals surface area contributed by atoms with Gasteiger partial charge in [-0.05, 0) is 62.1 Å². The molecular formula is C23H27N3O. The van der Waals surface area contributed by atoms with Crippen molar-refractivity contribution in [3.05, 3.63) is 71.4 Å². The van der Waals surface area contributed by atoms with Crippen LogP contribution in [0.4, 0.5) is 0 Å². The number of nitrogens with zero attached hydrogens (tertiary/aromatic N) is 2. The summed E-state index contributed by atoms with van der Waals surface area (Å²) in [5.41, 5.74) is 5.67. The number of hydrogen-bond donors (Lipinski definition) is 1. The van der Waals surface area contributed by atoms with Gasteiger partial charge in [-0.25, -0.2) is 4.68 Å². The summed E-state index contributed by atoms with van der Waals surface area (Å²) in [5.74, 6) is 0.254. The number of aromatic nitrogens is 2. The number of amides is 1. The second kappa shape index (κ2) is 7.78. The van der Waals surface area contributed by atoms with E-state index in [-0.39, 0.29) is 11.9 Å². The Morgan fingerprint density at radius 2 is 1.67 bits per heavy atom. The molecule has 140 valence electrons. The van der Waals surface area contributed by atoms with Gasteiger partial charge in [-0.2, -0.15) is 5.10 Å². The highest BCUT2D eigenvalue weighted by atomic mass is 16.2. The standard InChI is InChI=1S/C23H27N3O/c1-15(2)18(5)24-23(27)22-14-21(19-12-11-16(3)17(4)13-19)25-26(22)20-9-7-6-8-10-20/h6-15,18H,1-5H3,(H,24,27)/t18-/m0/s1. The van der Waals surface area contributed by atoms with E-state index in [1.54, 1.807) is 4.68 Å². The topological polar surface area (TPSA) is 46.9 Å². The molecule has 0 radical (unpaired) electrons. The lowest BCUT2D eigenvalue weighted by atomic mass is 10.0. The molecule has 4 heteroatoms. The third-order valence-electron chi connectivity index (χ3n) is 5.10. The Labute approximate surface area is 161 Å². The molecule has 0 unspecified atom stereocenters. The molecule has 1 amide bonds. The third kappa shape index (κ3) is 4.11. The molecule has 3 rings (SSSR count). The first-order valence-electron chi connectivity index (χ1n) is 9.41. The molecule has 0 saturated heterocycles. The highest BCUT2D eigenvalue weighted by Gasteiger charge is 2.20. The van der Waals surface area contributed by atoms with E-state index in [0.717, 1.165) is 16.9 Å². The molecule has 1 heterocycles. The van der Waals surface area contributed by atoms with Crippen molar-refractivity contribution in [1.82, 2.24) is 15.1 Å². The highest BCUT2D eigenvalue weighted by molar-refractivity contribution is 5.94. The van der Waals surface area contributed by atoms with E-state index in [0.29, 0.717) is 11.6 Å². The largest absolute Gasteiger partial charge is 0.348 e. The smallest absolute Gasteiger partial charge is 0.270 e. The van der Waals surface area contributed by atoms with Crippen molar-refractivity contribution in [2.75, 3.05) is 0 Å². The van der Waals surface area contributed by atoms with Crippen LogP contribution in [0.1, 0.15) is 42.4 Å². The summed E-state index contributed by atoms with van der Waals surface area (Å²) in [4.78, 5) is 12.9. The average molecular weight is 361 g/mol. The molecule has 0 bridgehead atoms. The monoisotopic (exact) mass is 361 g/mol. The predicted octanol–water partition coefficient (Wildman–Crippen LogP) is 4.93. The van der Waals surface area contributed by atoms with Gasteiger partial charge in [-0.3, -0.25) is 4.79 Å². The summed E-state index contributed by atoms with van der Waals surface area (Å²) < 4.78 is 1.73. The van der Waals surface area contributed by atoms with Crippen LogP contribution >= 0.6 is 0 Å². The fourth-order valence-electron chi connectivity index (χ4n) is 2.80. The van der Waals surface area contributed by atoms with Crippen LogP contribution in [0.3, 0.4) is 0 Å². The quantitative estimate of drug-likeness (QED) is 0.700. The minimum absolute atomic E-state index is 0.0849. The number of hydrogen-bond acceptors (Lipinski definition) is 2. The lowest BCUT2D eigenvalue weighted by molar-refractivity contribution is 0.0922. The summed E-state index contributed by atoms with van der Waals surface area (Å²) >= 11 is 0. The minimum atomic E-state index is -0.109. The van der Waals surface area contributed by atoms with Crippen LogP contribution in [0.5, 0.6) is 0 Å². The van der Waals surface area contributed by atoms with Crippen molar-refractivity contribution in [2.24, 2.45) is 5.92 Å². The van der Waals surface area contributed by atoms with Gasteiger partial charge in [0, 0.05) is 11.6 Å². The minimum Gasteiger partial charge on any atom is -0.348 e. The van der Waals surface area contributed by atoms with Gasteiger partial charge in [0.1, 0.15) is 5.69 Å². The molecular weight excluding hydrogens is 334 g/mol. The summed E-state index contributed by atoms with van der Waals surface area (Å²) in [7, 11) is 0. The van der Waals surface area contributed by atoms with Gasteiger partial charge in [0.2, 0.25) is 0 Å². The summed E-state index contributed by atoms with van der Waals surface area (Å²) in [5, 5.41) is 7.84. The molecule has 0 spiro atoms. The van der Waals surface area contributed by atoms with Crippen molar-refractivity contribution in [3.63, 3.8) is 0 Å². The number of benzene rings is 2. The van der Waals surface area contributed by atoms with Gasteiger partial charge in [0.15, 0.2) is 0 Å². The van der Waals surface area contributed by atoms with Crippen LogP contribution in [0.2, 0.25) is 0 Å². The number of carbonyl (C=O) groups is 1. The average Bonchev–Trinajstić information content (AvgIpc) is 3.10. The number of aryl methyl sites for hydroxylation is 2. The molecule has 0 aliphatic carbocycles. The lowest BCUT2D eigenvalue weighted by Gasteiger charge is -2.17. The summed E-state index contributed by atoms with van der Waals surface area (Å²) in [6, 6.07) is 18.0.